The predicted octanol–water partition coefficient (Wildman–Crippen LogP) is -2.98. The second-order valence-electron chi connectivity index (χ2n) is 5.20. The number of hydrogen-bond donors (Lipinski definition) is 4. The average molecular weight is 345 g/mol. The molecule has 1 aliphatic rings. The van der Waals surface area contributed by atoms with Crippen LogP contribution in [0.5, 0.6) is 0 Å². The van der Waals surface area contributed by atoms with Crippen molar-refractivity contribution >= 4 is 5.91 Å². The Kier molecular flexibility index (Phi) is 5.85. The normalized spacial score (nSPS) is 28.0. The van der Waals surface area contributed by atoms with Gasteiger partial charge in [0.15, 0.2) is 12.5 Å². The summed E-state index contributed by atoms with van der Waals surface area (Å²) in [6.07, 6.45) is -4.22. The molecule has 11 heteroatoms. The molecule has 1 fully saturated rings. The summed E-state index contributed by atoms with van der Waals surface area (Å²) in [7, 11) is 0. The van der Waals surface area contributed by atoms with Gasteiger partial charge in [0.1, 0.15) is 24.9 Å². The molecule has 134 valence electrons. The summed E-state index contributed by atoms with van der Waals surface area (Å²) in [5, 5.41) is 19.5. The van der Waals surface area contributed by atoms with Crippen molar-refractivity contribution in [2.24, 2.45) is 5.73 Å². The lowest BCUT2D eigenvalue weighted by molar-refractivity contribution is -0.194. The van der Waals surface area contributed by atoms with E-state index in [-0.39, 0.29) is 0 Å². The number of aromatic nitrogens is 2. The Morgan fingerprint density at radius 1 is 1.54 bits per heavy atom. The molecule has 1 aromatic rings. The summed E-state index contributed by atoms with van der Waals surface area (Å²) in [5.41, 5.74) is 3.61. The van der Waals surface area contributed by atoms with Crippen molar-refractivity contribution in [1.82, 2.24) is 9.55 Å². The number of nitrogens with zero attached hydrogens (tertiary/aromatic N) is 1. The quantitative estimate of drug-likeness (QED) is 0.380. The summed E-state index contributed by atoms with van der Waals surface area (Å²) >= 11 is 0. The van der Waals surface area contributed by atoms with Gasteiger partial charge >= 0.3 is 5.69 Å². The maximum absolute atomic E-state index is 11.9. The Morgan fingerprint density at radius 3 is 2.83 bits per heavy atom. The molecule has 1 unspecified atom stereocenters. The molecule has 5 atom stereocenters. The highest BCUT2D eigenvalue weighted by molar-refractivity contribution is 5.74. The number of aliphatic hydroxyl groups is 2. The van der Waals surface area contributed by atoms with Gasteiger partial charge in [-0.1, -0.05) is 0 Å². The Hall–Kier alpha value is -2.05. The third kappa shape index (κ3) is 4.07. The molecule has 0 spiro atoms. The first-order valence-corrected chi connectivity index (χ1v) is 7.14. The van der Waals surface area contributed by atoms with Gasteiger partial charge in [0.25, 0.3) is 5.56 Å². The molecule has 0 radical (unpaired) electrons. The number of carbonyl (C=O) groups excluding carboxylic acids is 1. The topological polar surface area (TPSA) is 166 Å². The largest absolute Gasteiger partial charge is 0.394 e. The lowest BCUT2D eigenvalue weighted by Crippen LogP contribution is -2.41. The molecule has 0 aliphatic carbocycles. The summed E-state index contributed by atoms with van der Waals surface area (Å²) in [4.78, 5) is 35.8. The number of hydrogen-bond acceptors (Lipinski definition) is 8. The van der Waals surface area contributed by atoms with E-state index >= 15 is 0 Å². The van der Waals surface area contributed by atoms with E-state index < -0.39 is 61.2 Å². The first-order chi connectivity index (χ1) is 11.3. The number of nitrogens with two attached hydrogens (primary N) is 1. The highest BCUT2D eigenvalue weighted by atomic mass is 16.7. The number of H-pyrrole nitrogens is 1. The fraction of sp³-hybridized carbons (Fsp3) is 0.615. The molecule has 1 aliphatic heterocycles. The molecule has 0 bridgehead atoms. The molecule has 1 amide bonds. The second kappa shape index (κ2) is 7.68. The number of carbonyl (C=O) groups is 1. The SMILES string of the molecule is CC(OCC(N)=O)O[C@@H]1[C@H](O)[C@@H](CO)O[C@H]1n1ccc(=O)[nH]c1=O. The van der Waals surface area contributed by atoms with Crippen molar-refractivity contribution in [2.45, 2.75) is 37.8 Å². The van der Waals surface area contributed by atoms with Crippen LogP contribution in [0.1, 0.15) is 13.2 Å². The van der Waals surface area contributed by atoms with Crippen LogP contribution in [0, 0.1) is 0 Å². The van der Waals surface area contributed by atoms with Crippen LogP contribution in [0.15, 0.2) is 21.9 Å². The highest BCUT2D eigenvalue weighted by Gasteiger charge is 2.46. The Bertz CT molecular complexity index is 686. The van der Waals surface area contributed by atoms with Crippen molar-refractivity contribution < 1.29 is 29.2 Å². The van der Waals surface area contributed by atoms with E-state index in [0.717, 1.165) is 10.6 Å². The van der Waals surface area contributed by atoms with E-state index in [2.05, 4.69) is 4.98 Å². The van der Waals surface area contributed by atoms with Crippen LogP contribution in [-0.4, -0.2) is 63.5 Å². The number of rotatable bonds is 7. The molecule has 0 aromatic carbocycles. The minimum absolute atomic E-state index is 0.391. The molecule has 1 saturated heterocycles. The minimum Gasteiger partial charge on any atom is -0.394 e. The zero-order valence-electron chi connectivity index (χ0n) is 12.8. The van der Waals surface area contributed by atoms with E-state index in [1.54, 1.807) is 0 Å². The summed E-state index contributed by atoms with van der Waals surface area (Å²) in [5.74, 6) is -0.699. The Labute approximate surface area is 135 Å². The zero-order valence-corrected chi connectivity index (χ0v) is 12.8. The maximum Gasteiger partial charge on any atom is 0.330 e. The van der Waals surface area contributed by atoms with Crippen LogP contribution in [0.4, 0.5) is 0 Å². The van der Waals surface area contributed by atoms with Crippen LogP contribution in [0.2, 0.25) is 0 Å². The van der Waals surface area contributed by atoms with Gasteiger partial charge in [0, 0.05) is 12.3 Å². The first kappa shape index (κ1) is 18.3. The fourth-order valence-electron chi connectivity index (χ4n) is 2.33. The van der Waals surface area contributed by atoms with Crippen LogP contribution < -0.4 is 17.0 Å². The van der Waals surface area contributed by atoms with Gasteiger partial charge < -0.3 is 30.2 Å². The van der Waals surface area contributed by atoms with Crippen molar-refractivity contribution in [1.29, 1.82) is 0 Å². The van der Waals surface area contributed by atoms with Gasteiger partial charge in [0.2, 0.25) is 5.91 Å². The minimum atomic E-state index is -1.27. The van der Waals surface area contributed by atoms with Crippen LogP contribution in [-0.2, 0) is 19.0 Å². The predicted molar refractivity (Wildman–Crippen MR) is 77.8 cm³/mol. The number of aromatic amines is 1. The first-order valence-electron chi connectivity index (χ1n) is 7.14. The maximum atomic E-state index is 11.9. The number of amides is 1. The molecular formula is C13H19N3O8. The lowest BCUT2D eigenvalue weighted by atomic mass is 10.1. The van der Waals surface area contributed by atoms with E-state index in [4.69, 9.17) is 19.9 Å². The average Bonchev–Trinajstić information content (AvgIpc) is 2.82. The molecular weight excluding hydrogens is 326 g/mol. The van der Waals surface area contributed by atoms with E-state index in [9.17, 15) is 24.6 Å². The highest BCUT2D eigenvalue weighted by Crippen LogP contribution is 2.31. The van der Waals surface area contributed by atoms with Gasteiger partial charge in [-0.2, -0.15) is 0 Å². The summed E-state index contributed by atoms with van der Waals surface area (Å²) in [6.45, 7) is 0.568. The van der Waals surface area contributed by atoms with Crippen LogP contribution >= 0.6 is 0 Å². The molecule has 2 heterocycles. The number of ether oxygens (including phenoxy) is 3. The van der Waals surface area contributed by atoms with Crippen LogP contribution in [0.25, 0.3) is 0 Å². The molecule has 24 heavy (non-hydrogen) atoms. The number of aliphatic hydroxyl groups excluding tert-OH is 2. The monoisotopic (exact) mass is 345 g/mol. The second-order valence-corrected chi connectivity index (χ2v) is 5.20. The van der Waals surface area contributed by atoms with Crippen molar-refractivity contribution in [2.75, 3.05) is 13.2 Å². The Morgan fingerprint density at radius 2 is 2.25 bits per heavy atom. The fourth-order valence-corrected chi connectivity index (χ4v) is 2.33. The van der Waals surface area contributed by atoms with Crippen molar-refractivity contribution in [3.05, 3.63) is 33.1 Å². The molecule has 11 nitrogen and oxygen atoms in total. The van der Waals surface area contributed by atoms with E-state index in [1.807, 2.05) is 0 Å². The van der Waals surface area contributed by atoms with Gasteiger partial charge in [-0.25, -0.2) is 4.79 Å². The standard InChI is InChI=1S/C13H19N3O8/c1-6(22-5-8(14)18)23-11-10(20)7(4-17)24-12(11)16-3-2-9(19)15-13(16)21/h2-3,6-7,10-12,17,20H,4-5H2,1H3,(H2,14,18)(H,15,19,21)/t6?,7-,10-,11-,12-/m1/s1. The number of primary amides is 1. The van der Waals surface area contributed by atoms with E-state index in [0.29, 0.717) is 0 Å². The van der Waals surface area contributed by atoms with Crippen molar-refractivity contribution in [3.8, 4) is 0 Å². The van der Waals surface area contributed by atoms with Gasteiger partial charge in [0.05, 0.1) is 6.61 Å². The molecule has 2 rings (SSSR count). The van der Waals surface area contributed by atoms with Crippen LogP contribution in [0.3, 0.4) is 0 Å². The molecule has 0 saturated carbocycles. The third-order valence-corrected chi connectivity index (χ3v) is 3.43. The van der Waals surface area contributed by atoms with Crippen molar-refractivity contribution in [3.63, 3.8) is 0 Å². The smallest absolute Gasteiger partial charge is 0.330 e. The van der Waals surface area contributed by atoms with Gasteiger partial charge in [-0.15, -0.1) is 0 Å². The summed E-state index contributed by atoms with van der Waals surface area (Å²) in [6, 6.07) is 1.10. The van der Waals surface area contributed by atoms with Gasteiger partial charge in [-0.05, 0) is 6.92 Å². The molecule has 1 aromatic heterocycles. The Balaban J connectivity index is 2.22. The molecule has 5 N–H and O–H groups in total. The summed E-state index contributed by atoms with van der Waals surface area (Å²) < 4.78 is 17.0. The lowest BCUT2D eigenvalue weighted by Gasteiger charge is -2.25. The number of nitrogens with one attached hydrogen (secondary N) is 1. The van der Waals surface area contributed by atoms with E-state index in [1.165, 1.54) is 13.1 Å². The third-order valence-electron chi connectivity index (χ3n) is 3.43. The van der Waals surface area contributed by atoms with Gasteiger partial charge in [-0.3, -0.25) is 19.1 Å². The zero-order chi connectivity index (χ0) is 17.9.